The zero-order chi connectivity index (χ0) is 16.1. The fraction of sp³-hybridized carbons (Fsp3) is 0.588. The van der Waals surface area contributed by atoms with E-state index in [1.807, 2.05) is 19.9 Å². The van der Waals surface area contributed by atoms with E-state index in [-0.39, 0.29) is 5.78 Å². The third kappa shape index (κ3) is 4.31. The smallest absolute Gasteiger partial charge is 0.315 e. The highest BCUT2D eigenvalue weighted by molar-refractivity contribution is 9.10. The van der Waals surface area contributed by atoms with Crippen LogP contribution >= 0.6 is 15.9 Å². The maximum atomic E-state index is 11.4. The third-order valence-corrected chi connectivity index (χ3v) is 4.38. The van der Waals surface area contributed by atoms with E-state index in [2.05, 4.69) is 22.0 Å². The van der Waals surface area contributed by atoms with Crippen molar-refractivity contribution in [3.8, 4) is 5.75 Å². The quantitative estimate of drug-likeness (QED) is 0.643. The summed E-state index contributed by atoms with van der Waals surface area (Å²) in [6, 6.07) is 4.10. The second-order valence-electron chi connectivity index (χ2n) is 5.44. The molecule has 1 unspecified atom stereocenters. The molecule has 2 rings (SSSR count). The minimum absolute atomic E-state index is 0.227. The van der Waals surface area contributed by atoms with Crippen molar-refractivity contribution in [2.45, 2.75) is 52.4 Å². The molecular formula is C17H23BrO4. The minimum Gasteiger partial charge on any atom is -0.440 e. The number of benzene rings is 1. The van der Waals surface area contributed by atoms with Gasteiger partial charge in [-0.15, -0.1) is 0 Å². The first-order chi connectivity index (χ1) is 10.5. The van der Waals surface area contributed by atoms with Crippen LogP contribution in [-0.2, 0) is 20.7 Å². The lowest BCUT2D eigenvalue weighted by atomic mass is 9.96. The van der Waals surface area contributed by atoms with Gasteiger partial charge in [0, 0.05) is 6.42 Å². The van der Waals surface area contributed by atoms with Crippen LogP contribution in [-0.4, -0.2) is 25.5 Å². The highest BCUT2D eigenvalue weighted by Crippen LogP contribution is 2.41. The highest BCUT2D eigenvalue weighted by Gasteiger charge is 2.26. The van der Waals surface area contributed by atoms with Crippen molar-refractivity contribution >= 4 is 21.7 Å². The molecule has 1 aromatic carbocycles. The molecule has 0 amide bonds. The van der Waals surface area contributed by atoms with E-state index < -0.39 is 6.48 Å². The van der Waals surface area contributed by atoms with Crippen molar-refractivity contribution in [1.82, 2.24) is 0 Å². The van der Waals surface area contributed by atoms with Gasteiger partial charge < -0.3 is 19.0 Å². The van der Waals surface area contributed by atoms with Crippen LogP contribution in [0.5, 0.6) is 5.75 Å². The second kappa shape index (κ2) is 8.09. The van der Waals surface area contributed by atoms with Gasteiger partial charge in [0.1, 0.15) is 11.5 Å². The summed E-state index contributed by atoms with van der Waals surface area (Å²) in [5, 5.41) is 0. The van der Waals surface area contributed by atoms with Gasteiger partial charge in [0.05, 0.1) is 17.7 Å². The fourth-order valence-corrected chi connectivity index (χ4v) is 3.32. The Bertz CT molecular complexity index is 524. The molecule has 1 atom stereocenters. The molecule has 1 aromatic rings. The van der Waals surface area contributed by atoms with Gasteiger partial charge in [0.25, 0.3) is 0 Å². The van der Waals surface area contributed by atoms with Crippen LogP contribution in [0.25, 0.3) is 0 Å². The minimum atomic E-state index is -0.711. The summed E-state index contributed by atoms with van der Waals surface area (Å²) >= 11 is 3.55. The fourth-order valence-electron chi connectivity index (χ4n) is 2.83. The molecule has 0 heterocycles. The van der Waals surface area contributed by atoms with Crippen molar-refractivity contribution in [1.29, 1.82) is 0 Å². The molecule has 0 aliphatic heterocycles. The number of ketones is 1. The SMILES string of the molecule is CCOC(OCC)Oc1cc2c(cc1Br)CCC2CC(C)=O. The maximum Gasteiger partial charge on any atom is 0.315 e. The third-order valence-electron chi connectivity index (χ3n) is 3.76. The lowest BCUT2D eigenvalue weighted by molar-refractivity contribution is -0.242. The van der Waals surface area contributed by atoms with E-state index in [4.69, 9.17) is 14.2 Å². The summed E-state index contributed by atoms with van der Waals surface area (Å²) in [5.74, 6) is 1.21. The molecule has 0 N–H and O–H groups in total. The van der Waals surface area contributed by atoms with E-state index in [1.165, 1.54) is 11.1 Å². The van der Waals surface area contributed by atoms with E-state index in [0.29, 0.717) is 31.3 Å². The summed E-state index contributed by atoms with van der Waals surface area (Å²) in [4.78, 5) is 11.4. The Morgan fingerprint density at radius 3 is 2.59 bits per heavy atom. The van der Waals surface area contributed by atoms with Crippen molar-refractivity contribution < 1.29 is 19.0 Å². The molecule has 1 aliphatic rings. The predicted octanol–water partition coefficient (Wildman–Crippen LogP) is 4.19. The van der Waals surface area contributed by atoms with E-state index >= 15 is 0 Å². The lowest BCUT2D eigenvalue weighted by Gasteiger charge is -2.20. The van der Waals surface area contributed by atoms with Crippen molar-refractivity contribution in [2.75, 3.05) is 13.2 Å². The van der Waals surface area contributed by atoms with Gasteiger partial charge >= 0.3 is 6.48 Å². The number of rotatable bonds is 8. The molecule has 0 saturated carbocycles. The molecule has 0 fully saturated rings. The van der Waals surface area contributed by atoms with Crippen LogP contribution in [0.3, 0.4) is 0 Å². The van der Waals surface area contributed by atoms with Crippen LogP contribution < -0.4 is 4.74 Å². The number of Topliss-reactive ketones (excluding diaryl/α,β-unsaturated/α-hetero) is 1. The summed E-state index contributed by atoms with van der Waals surface area (Å²) in [5.41, 5.74) is 2.50. The van der Waals surface area contributed by atoms with Gasteiger partial charge in [0.15, 0.2) is 0 Å². The van der Waals surface area contributed by atoms with Crippen LogP contribution in [0.15, 0.2) is 16.6 Å². The highest BCUT2D eigenvalue weighted by atomic mass is 79.9. The Morgan fingerprint density at radius 2 is 2.00 bits per heavy atom. The number of fused-ring (bicyclic) bond motifs is 1. The summed E-state index contributed by atoms with van der Waals surface area (Å²) < 4.78 is 17.6. The Labute approximate surface area is 140 Å². The zero-order valence-electron chi connectivity index (χ0n) is 13.4. The van der Waals surface area contributed by atoms with Gasteiger partial charge in [-0.25, -0.2) is 0 Å². The van der Waals surface area contributed by atoms with Gasteiger partial charge in [-0.05, 0) is 78.7 Å². The van der Waals surface area contributed by atoms with E-state index in [9.17, 15) is 4.79 Å². The van der Waals surface area contributed by atoms with Crippen LogP contribution in [0, 0.1) is 0 Å². The first-order valence-electron chi connectivity index (χ1n) is 7.76. The van der Waals surface area contributed by atoms with Crippen LogP contribution in [0.1, 0.15) is 50.7 Å². The molecule has 0 aromatic heterocycles. The molecule has 5 heteroatoms. The van der Waals surface area contributed by atoms with Gasteiger partial charge in [-0.3, -0.25) is 0 Å². The number of aryl methyl sites for hydroxylation is 1. The molecule has 1 aliphatic carbocycles. The normalized spacial score (nSPS) is 16.9. The van der Waals surface area contributed by atoms with Crippen LogP contribution in [0.2, 0.25) is 0 Å². The van der Waals surface area contributed by atoms with Crippen molar-refractivity contribution in [3.05, 3.63) is 27.7 Å². The lowest BCUT2D eigenvalue weighted by Crippen LogP contribution is -2.24. The molecule has 0 spiro atoms. The monoisotopic (exact) mass is 370 g/mol. The van der Waals surface area contributed by atoms with E-state index in [1.54, 1.807) is 6.92 Å². The van der Waals surface area contributed by atoms with Gasteiger partial charge in [-0.1, -0.05) is 0 Å². The predicted molar refractivity (Wildman–Crippen MR) is 88.2 cm³/mol. The number of carbonyl (C=O) groups is 1. The first kappa shape index (κ1) is 17.4. The van der Waals surface area contributed by atoms with Crippen LogP contribution in [0.4, 0.5) is 0 Å². The molecule has 0 saturated heterocycles. The molecule has 0 bridgehead atoms. The van der Waals surface area contributed by atoms with E-state index in [0.717, 1.165) is 17.3 Å². The average molecular weight is 371 g/mol. The second-order valence-corrected chi connectivity index (χ2v) is 6.29. The van der Waals surface area contributed by atoms with Gasteiger partial charge in [0.2, 0.25) is 0 Å². The Balaban J connectivity index is 2.20. The standard InChI is InChI=1S/C17H23BrO4/c1-4-20-17(21-5-2)22-16-10-14-12(8-11(3)19)6-7-13(14)9-15(16)18/h9-10,12,17H,4-8H2,1-3H3. The number of hydrogen-bond acceptors (Lipinski definition) is 4. The van der Waals surface area contributed by atoms with Crippen molar-refractivity contribution in [2.24, 2.45) is 0 Å². The first-order valence-corrected chi connectivity index (χ1v) is 8.56. The Kier molecular flexibility index (Phi) is 6.41. The Morgan fingerprint density at radius 1 is 1.32 bits per heavy atom. The zero-order valence-corrected chi connectivity index (χ0v) is 14.9. The largest absolute Gasteiger partial charge is 0.440 e. The molecule has 0 radical (unpaired) electrons. The number of hydrogen-bond donors (Lipinski definition) is 0. The number of halogens is 1. The number of ether oxygens (including phenoxy) is 3. The molecule has 122 valence electrons. The maximum absolute atomic E-state index is 11.4. The van der Waals surface area contributed by atoms with Crippen molar-refractivity contribution in [3.63, 3.8) is 0 Å². The summed E-state index contributed by atoms with van der Waals surface area (Å²) in [6.07, 6.45) is 2.62. The summed E-state index contributed by atoms with van der Waals surface area (Å²) in [7, 11) is 0. The topological polar surface area (TPSA) is 44.8 Å². The molecule has 4 nitrogen and oxygen atoms in total. The summed E-state index contributed by atoms with van der Waals surface area (Å²) in [6.45, 7) is 5.76. The number of carbonyl (C=O) groups excluding carboxylic acids is 1. The Hall–Kier alpha value is -0.910. The average Bonchev–Trinajstić information content (AvgIpc) is 2.81. The molecular weight excluding hydrogens is 348 g/mol. The van der Waals surface area contributed by atoms with Gasteiger partial charge in [-0.2, -0.15) is 0 Å². The molecule has 22 heavy (non-hydrogen) atoms.